The molecule has 0 spiro atoms. The van der Waals surface area contributed by atoms with Crippen molar-refractivity contribution in [2.45, 2.75) is 40.2 Å². The number of halogens is 1. The van der Waals surface area contributed by atoms with Gasteiger partial charge in [0.25, 0.3) is 5.89 Å². The highest BCUT2D eigenvalue weighted by Crippen LogP contribution is 2.37. The Hall–Kier alpha value is -3.48. The van der Waals surface area contributed by atoms with Crippen LogP contribution in [0.15, 0.2) is 52.7 Å². The smallest absolute Gasteiger partial charge is 0.322 e. The van der Waals surface area contributed by atoms with E-state index in [9.17, 15) is 9.18 Å². The lowest BCUT2D eigenvalue weighted by molar-refractivity contribution is 0.205. The zero-order chi connectivity index (χ0) is 22.1. The molecule has 3 aromatic rings. The van der Waals surface area contributed by atoms with E-state index in [1.165, 1.54) is 17.7 Å². The van der Waals surface area contributed by atoms with Crippen LogP contribution in [0.1, 0.15) is 48.9 Å². The van der Waals surface area contributed by atoms with E-state index in [0.29, 0.717) is 23.8 Å². The summed E-state index contributed by atoms with van der Waals surface area (Å²) < 4.78 is 19.3. The van der Waals surface area contributed by atoms with E-state index in [2.05, 4.69) is 21.5 Å². The number of benzene rings is 2. The predicted octanol–water partition coefficient (Wildman–Crippen LogP) is 5.40. The van der Waals surface area contributed by atoms with Crippen LogP contribution >= 0.6 is 0 Å². The number of carbonyl (C=O) groups is 1. The lowest BCUT2D eigenvalue weighted by atomic mass is 9.92. The normalized spacial score (nSPS) is 16.6. The highest BCUT2D eigenvalue weighted by atomic mass is 19.1. The first-order chi connectivity index (χ1) is 14.9. The van der Waals surface area contributed by atoms with Gasteiger partial charge in [0.2, 0.25) is 5.82 Å². The van der Waals surface area contributed by atoms with E-state index >= 15 is 0 Å². The molecule has 7 heteroatoms. The van der Waals surface area contributed by atoms with Gasteiger partial charge in [-0.2, -0.15) is 4.98 Å². The van der Waals surface area contributed by atoms with Gasteiger partial charge >= 0.3 is 6.03 Å². The van der Waals surface area contributed by atoms with E-state index in [-0.39, 0.29) is 11.8 Å². The number of hydrogen-bond acceptors (Lipinski definition) is 4. The Balaban J connectivity index is 1.83. The first-order valence-electron chi connectivity index (χ1n) is 10.3. The molecule has 0 bridgehead atoms. The summed E-state index contributed by atoms with van der Waals surface area (Å²) >= 11 is 0. The van der Waals surface area contributed by atoms with E-state index in [4.69, 9.17) is 4.52 Å². The summed E-state index contributed by atoms with van der Waals surface area (Å²) in [5.74, 6) is 0.236. The molecule has 31 heavy (non-hydrogen) atoms. The SMILES string of the molecule is CCCN1C(=O)NC(c2ccc(C)c(C)c2)C(c2nc(-c3cccc(F)c3)no2)=C1C. The third-order valence-corrected chi connectivity index (χ3v) is 5.65. The van der Waals surface area contributed by atoms with Crippen molar-refractivity contribution in [3.63, 3.8) is 0 Å². The molecule has 0 radical (unpaired) electrons. The van der Waals surface area contributed by atoms with Crippen molar-refractivity contribution in [1.82, 2.24) is 20.4 Å². The van der Waals surface area contributed by atoms with Gasteiger partial charge in [0.15, 0.2) is 0 Å². The van der Waals surface area contributed by atoms with E-state index in [1.54, 1.807) is 17.0 Å². The monoisotopic (exact) mass is 420 g/mol. The Labute approximate surface area is 180 Å². The second-order valence-electron chi connectivity index (χ2n) is 7.81. The van der Waals surface area contributed by atoms with Crippen LogP contribution in [0.2, 0.25) is 0 Å². The molecular formula is C24H25FN4O2. The zero-order valence-corrected chi connectivity index (χ0v) is 18.1. The maximum atomic E-state index is 13.7. The molecule has 2 amide bonds. The van der Waals surface area contributed by atoms with E-state index in [1.807, 2.05) is 39.8 Å². The Kier molecular flexibility index (Phi) is 5.59. The maximum absolute atomic E-state index is 13.7. The van der Waals surface area contributed by atoms with Crippen LogP contribution < -0.4 is 5.32 Å². The summed E-state index contributed by atoms with van der Waals surface area (Å²) in [5.41, 5.74) is 5.28. The minimum absolute atomic E-state index is 0.156. The summed E-state index contributed by atoms with van der Waals surface area (Å²) in [6.07, 6.45) is 0.810. The van der Waals surface area contributed by atoms with Crippen LogP contribution in [0, 0.1) is 19.7 Å². The second kappa shape index (κ2) is 8.34. The molecule has 2 heterocycles. The Morgan fingerprint density at radius 2 is 1.94 bits per heavy atom. The van der Waals surface area contributed by atoms with Gasteiger partial charge in [-0.1, -0.05) is 42.4 Å². The topological polar surface area (TPSA) is 71.3 Å². The van der Waals surface area contributed by atoms with Crippen molar-refractivity contribution in [2.75, 3.05) is 6.54 Å². The van der Waals surface area contributed by atoms with Crippen molar-refractivity contribution < 1.29 is 13.7 Å². The van der Waals surface area contributed by atoms with Crippen LogP contribution in [0.5, 0.6) is 0 Å². The van der Waals surface area contributed by atoms with Gasteiger partial charge in [-0.3, -0.25) is 4.90 Å². The summed E-state index contributed by atoms with van der Waals surface area (Å²) in [6, 6.07) is 11.6. The largest absolute Gasteiger partial charge is 0.334 e. The van der Waals surface area contributed by atoms with Crippen molar-refractivity contribution >= 4 is 11.6 Å². The van der Waals surface area contributed by atoms with Crippen LogP contribution in [0.25, 0.3) is 17.0 Å². The highest BCUT2D eigenvalue weighted by Gasteiger charge is 2.35. The van der Waals surface area contributed by atoms with E-state index in [0.717, 1.165) is 28.8 Å². The van der Waals surface area contributed by atoms with Gasteiger partial charge in [0, 0.05) is 17.8 Å². The molecular weight excluding hydrogens is 395 g/mol. The molecule has 0 saturated carbocycles. The standard InChI is InChI=1S/C24H25FN4O2/c1-5-11-29-16(4)20(21(26-24(29)30)17-10-9-14(2)15(3)12-17)23-27-22(28-31-23)18-7-6-8-19(25)13-18/h6-10,12-13,21H,5,11H2,1-4H3,(H,26,30). The lowest BCUT2D eigenvalue weighted by Crippen LogP contribution is -2.46. The molecule has 0 fully saturated rings. The van der Waals surface area contributed by atoms with Gasteiger partial charge in [-0.25, -0.2) is 9.18 Å². The van der Waals surface area contributed by atoms with Crippen LogP contribution in [-0.2, 0) is 0 Å². The van der Waals surface area contributed by atoms with Crippen molar-refractivity contribution in [3.8, 4) is 11.4 Å². The fourth-order valence-electron chi connectivity index (χ4n) is 3.82. The van der Waals surface area contributed by atoms with Gasteiger partial charge < -0.3 is 9.84 Å². The van der Waals surface area contributed by atoms with Gasteiger partial charge in [0.05, 0.1) is 11.6 Å². The molecule has 0 saturated heterocycles. The van der Waals surface area contributed by atoms with Gasteiger partial charge in [-0.05, 0) is 56.0 Å². The van der Waals surface area contributed by atoms with Crippen molar-refractivity contribution in [3.05, 3.63) is 76.6 Å². The van der Waals surface area contributed by atoms with Crippen LogP contribution in [-0.4, -0.2) is 27.6 Å². The van der Waals surface area contributed by atoms with Gasteiger partial charge in [0.1, 0.15) is 5.82 Å². The molecule has 6 nitrogen and oxygen atoms in total. The van der Waals surface area contributed by atoms with E-state index < -0.39 is 6.04 Å². The quantitative estimate of drug-likeness (QED) is 0.600. The predicted molar refractivity (Wildman–Crippen MR) is 116 cm³/mol. The fourth-order valence-corrected chi connectivity index (χ4v) is 3.82. The number of aryl methyl sites for hydroxylation is 2. The number of rotatable bonds is 5. The Morgan fingerprint density at radius 3 is 2.65 bits per heavy atom. The number of nitrogens with one attached hydrogen (secondary N) is 1. The second-order valence-corrected chi connectivity index (χ2v) is 7.81. The molecule has 1 atom stereocenters. The first-order valence-corrected chi connectivity index (χ1v) is 10.3. The minimum Gasteiger partial charge on any atom is -0.334 e. The summed E-state index contributed by atoms with van der Waals surface area (Å²) in [4.78, 5) is 19.1. The minimum atomic E-state index is -0.430. The third-order valence-electron chi connectivity index (χ3n) is 5.65. The molecule has 0 aliphatic carbocycles. The number of allylic oxidation sites excluding steroid dienone is 1. The number of nitrogens with zero attached hydrogens (tertiary/aromatic N) is 3. The summed E-state index contributed by atoms with van der Waals surface area (Å²) in [5, 5.41) is 7.16. The average molecular weight is 420 g/mol. The number of carbonyl (C=O) groups excluding carboxylic acids is 1. The number of hydrogen-bond donors (Lipinski definition) is 1. The third kappa shape index (κ3) is 3.95. The van der Waals surface area contributed by atoms with Crippen molar-refractivity contribution in [2.24, 2.45) is 0 Å². The fraction of sp³-hybridized carbons (Fsp3) is 0.292. The molecule has 1 aliphatic heterocycles. The molecule has 4 rings (SSSR count). The van der Waals surface area contributed by atoms with Crippen molar-refractivity contribution in [1.29, 1.82) is 0 Å². The number of urea groups is 1. The highest BCUT2D eigenvalue weighted by molar-refractivity contribution is 5.86. The molecule has 1 N–H and O–H groups in total. The van der Waals surface area contributed by atoms with Crippen LogP contribution in [0.3, 0.4) is 0 Å². The zero-order valence-electron chi connectivity index (χ0n) is 18.1. The molecule has 160 valence electrons. The molecule has 1 aliphatic rings. The first kappa shape index (κ1) is 20.8. The number of aromatic nitrogens is 2. The summed E-state index contributed by atoms with van der Waals surface area (Å²) in [6.45, 7) is 8.57. The lowest BCUT2D eigenvalue weighted by Gasteiger charge is -2.35. The average Bonchev–Trinajstić information content (AvgIpc) is 3.22. The van der Waals surface area contributed by atoms with Gasteiger partial charge in [-0.15, -0.1) is 0 Å². The Morgan fingerprint density at radius 1 is 1.13 bits per heavy atom. The molecule has 1 unspecified atom stereocenters. The summed E-state index contributed by atoms with van der Waals surface area (Å²) in [7, 11) is 0. The molecule has 1 aromatic heterocycles. The molecule has 2 aromatic carbocycles. The number of amides is 2. The van der Waals surface area contributed by atoms with Crippen LogP contribution in [0.4, 0.5) is 9.18 Å². The Bertz CT molecular complexity index is 1170. The maximum Gasteiger partial charge on any atom is 0.322 e.